The Morgan fingerprint density at radius 3 is 2.46 bits per heavy atom. The second-order valence-corrected chi connectivity index (χ2v) is 4.35. The second-order valence-electron chi connectivity index (χ2n) is 2.38. The Kier molecular flexibility index (Phi) is 4.16. The van der Waals surface area contributed by atoms with Crippen LogP contribution in [-0.4, -0.2) is 26.7 Å². The van der Waals surface area contributed by atoms with Gasteiger partial charge in [-0.05, 0) is 12.1 Å². The summed E-state index contributed by atoms with van der Waals surface area (Å²) in [6, 6.07) is 4.82. The van der Waals surface area contributed by atoms with Gasteiger partial charge in [-0.15, -0.1) is 12.4 Å². The van der Waals surface area contributed by atoms with Gasteiger partial charge in [-0.2, -0.15) is 0 Å². The second kappa shape index (κ2) is 4.43. The first kappa shape index (κ1) is 12.2. The van der Waals surface area contributed by atoms with Crippen molar-refractivity contribution < 1.29 is 8.42 Å². The Morgan fingerprint density at radius 1 is 1.38 bits per heavy atom. The molecule has 1 heterocycles. The molecule has 13 heavy (non-hydrogen) atoms. The van der Waals surface area contributed by atoms with E-state index in [0.717, 1.165) is 6.26 Å². The number of nitrogens with zero attached hydrogens (tertiary/aromatic N) is 1. The highest BCUT2D eigenvalue weighted by molar-refractivity contribution is 7.90. The van der Waals surface area contributed by atoms with Crippen LogP contribution in [-0.2, 0) is 9.84 Å². The van der Waals surface area contributed by atoms with Crippen molar-refractivity contribution in [3.63, 3.8) is 0 Å². The lowest BCUT2D eigenvalue weighted by Crippen LogP contribution is -2.02. The third-order valence-corrected chi connectivity index (χ3v) is 2.35. The predicted molar refractivity (Wildman–Crippen MR) is 54.1 cm³/mol. The van der Waals surface area contributed by atoms with Gasteiger partial charge in [-0.3, -0.25) is 0 Å². The maximum atomic E-state index is 11.0. The fourth-order valence-corrected chi connectivity index (χ4v) is 1.35. The van der Waals surface area contributed by atoms with Crippen molar-refractivity contribution in [2.75, 3.05) is 18.6 Å². The SMILES string of the molecule is CNc1cccc(S(C)(=O)=O)n1.Cl. The van der Waals surface area contributed by atoms with Gasteiger partial charge in [0, 0.05) is 13.3 Å². The van der Waals surface area contributed by atoms with Crippen molar-refractivity contribution in [2.24, 2.45) is 0 Å². The first-order valence-electron chi connectivity index (χ1n) is 3.39. The smallest absolute Gasteiger partial charge is 0.192 e. The average molecular weight is 223 g/mol. The van der Waals surface area contributed by atoms with E-state index >= 15 is 0 Å². The van der Waals surface area contributed by atoms with Gasteiger partial charge in [-0.1, -0.05) is 6.07 Å². The molecule has 0 aliphatic rings. The number of pyridine rings is 1. The van der Waals surface area contributed by atoms with Crippen LogP contribution in [0.3, 0.4) is 0 Å². The van der Waals surface area contributed by atoms with Gasteiger partial charge in [0.25, 0.3) is 0 Å². The minimum atomic E-state index is -3.19. The standard InChI is InChI=1S/C7H10N2O2S.ClH/c1-8-6-4-3-5-7(9-6)12(2,10)11;/h3-5H,1-2H3,(H,8,9);1H. The number of rotatable bonds is 2. The lowest BCUT2D eigenvalue weighted by molar-refractivity contribution is 0.598. The Hall–Kier alpha value is -0.810. The molecule has 4 nitrogen and oxygen atoms in total. The summed E-state index contributed by atoms with van der Waals surface area (Å²) >= 11 is 0. The van der Waals surface area contributed by atoms with Crippen LogP contribution in [0.5, 0.6) is 0 Å². The molecule has 0 atom stereocenters. The molecule has 0 aliphatic carbocycles. The van der Waals surface area contributed by atoms with Crippen LogP contribution in [0.2, 0.25) is 0 Å². The molecule has 0 bridgehead atoms. The molecular formula is C7H11ClN2O2S. The summed E-state index contributed by atoms with van der Waals surface area (Å²) in [4.78, 5) is 3.86. The van der Waals surface area contributed by atoms with E-state index < -0.39 is 9.84 Å². The van der Waals surface area contributed by atoms with Crippen molar-refractivity contribution in [1.82, 2.24) is 4.98 Å². The molecule has 0 aliphatic heterocycles. The van der Waals surface area contributed by atoms with Crippen LogP contribution in [0, 0.1) is 0 Å². The molecule has 1 aromatic rings. The van der Waals surface area contributed by atoms with E-state index in [-0.39, 0.29) is 17.4 Å². The number of hydrogen-bond acceptors (Lipinski definition) is 4. The van der Waals surface area contributed by atoms with Gasteiger partial charge in [-0.25, -0.2) is 13.4 Å². The third-order valence-electron chi connectivity index (χ3n) is 1.36. The normalized spacial score (nSPS) is 10.3. The monoisotopic (exact) mass is 222 g/mol. The maximum Gasteiger partial charge on any atom is 0.192 e. The van der Waals surface area contributed by atoms with Crippen molar-refractivity contribution >= 4 is 28.1 Å². The summed E-state index contributed by atoms with van der Waals surface area (Å²) < 4.78 is 22.0. The molecule has 0 amide bonds. The van der Waals surface area contributed by atoms with Crippen LogP contribution < -0.4 is 5.32 Å². The first-order chi connectivity index (χ1) is 5.54. The van der Waals surface area contributed by atoms with E-state index in [9.17, 15) is 8.42 Å². The van der Waals surface area contributed by atoms with Crippen LogP contribution >= 0.6 is 12.4 Å². The molecule has 6 heteroatoms. The van der Waals surface area contributed by atoms with E-state index in [1.807, 2.05) is 0 Å². The highest BCUT2D eigenvalue weighted by Crippen LogP contribution is 2.08. The summed E-state index contributed by atoms with van der Waals surface area (Å²) in [5, 5.41) is 2.86. The van der Waals surface area contributed by atoms with Crippen molar-refractivity contribution in [3.05, 3.63) is 18.2 Å². The summed E-state index contributed by atoms with van der Waals surface area (Å²) in [6.07, 6.45) is 1.13. The molecule has 0 saturated carbocycles. The molecule has 1 rings (SSSR count). The predicted octanol–water partition coefficient (Wildman–Crippen LogP) is 0.949. The third kappa shape index (κ3) is 3.20. The molecule has 1 aromatic heterocycles. The summed E-state index contributed by atoms with van der Waals surface area (Å²) in [6.45, 7) is 0. The lowest BCUT2D eigenvalue weighted by Gasteiger charge is -2.00. The molecule has 1 N–H and O–H groups in total. The number of anilines is 1. The molecular weight excluding hydrogens is 212 g/mol. The van der Waals surface area contributed by atoms with E-state index in [4.69, 9.17) is 0 Å². The Bertz CT molecular complexity index is 378. The van der Waals surface area contributed by atoms with Gasteiger partial charge < -0.3 is 5.32 Å². The van der Waals surface area contributed by atoms with E-state index in [1.165, 1.54) is 6.07 Å². The minimum absolute atomic E-state index is 0. The Balaban J connectivity index is 0.00000144. The topological polar surface area (TPSA) is 59.1 Å². The van der Waals surface area contributed by atoms with Gasteiger partial charge >= 0.3 is 0 Å². The fourth-order valence-electron chi connectivity index (χ4n) is 0.761. The number of nitrogens with one attached hydrogen (secondary N) is 1. The van der Waals surface area contributed by atoms with Gasteiger partial charge in [0.05, 0.1) is 0 Å². The van der Waals surface area contributed by atoms with Crippen LogP contribution in [0.1, 0.15) is 0 Å². The molecule has 0 spiro atoms. The van der Waals surface area contributed by atoms with Crippen LogP contribution in [0.4, 0.5) is 5.82 Å². The van der Waals surface area contributed by atoms with Gasteiger partial charge in [0.1, 0.15) is 5.82 Å². The molecule has 0 unspecified atom stereocenters. The number of halogens is 1. The molecule has 0 fully saturated rings. The largest absolute Gasteiger partial charge is 0.373 e. The van der Waals surface area contributed by atoms with Gasteiger partial charge in [0.2, 0.25) is 0 Å². The van der Waals surface area contributed by atoms with Crippen LogP contribution in [0.25, 0.3) is 0 Å². The molecule has 0 aromatic carbocycles. The van der Waals surface area contributed by atoms with E-state index in [2.05, 4.69) is 10.3 Å². The summed E-state index contributed by atoms with van der Waals surface area (Å²) in [7, 11) is -1.50. The van der Waals surface area contributed by atoms with E-state index in [1.54, 1.807) is 19.2 Å². The summed E-state index contributed by atoms with van der Waals surface area (Å²) in [5.74, 6) is 0.554. The quantitative estimate of drug-likeness (QED) is 0.810. The highest BCUT2D eigenvalue weighted by atomic mass is 35.5. The molecule has 0 radical (unpaired) electrons. The van der Waals surface area contributed by atoms with Crippen molar-refractivity contribution in [3.8, 4) is 0 Å². The summed E-state index contributed by atoms with van der Waals surface area (Å²) in [5.41, 5.74) is 0. The Morgan fingerprint density at radius 2 is 2.00 bits per heavy atom. The minimum Gasteiger partial charge on any atom is -0.373 e. The van der Waals surface area contributed by atoms with Gasteiger partial charge in [0.15, 0.2) is 14.9 Å². The molecule has 0 saturated heterocycles. The highest BCUT2D eigenvalue weighted by Gasteiger charge is 2.07. The van der Waals surface area contributed by atoms with Crippen LogP contribution in [0.15, 0.2) is 23.2 Å². The zero-order valence-electron chi connectivity index (χ0n) is 7.31. The Labute approximate surface area is 83.7 Å². The molecule has 74 valence electrons. The first-order valence-corrected chi connectivity index (χ1v) is 5.28. The average Bonchev–Trinajstić information content (AvgIpc) is 2.03. The zero-order chi connectivity index (χ0) is 9.19. The van der Waals surface area contributed by atoms with Crippen molar-refractivity contribution in [1.29, 1.82) is 0 Å². The van der Waals surface area contributed by atoms with E-state index in [0.29, 0.717) is 5.82 Å². The lowest BCUT2D eigenvalue weighted by atomic mass is 10.5. The zero-order valence-corrected chi connectivity index (χ0v) is 8.95. The number of sulfone groups is 1. The number of hydrogen-bond donors (Lipinski definition) is 1. The maximum absolute atomic E-state index is 11.0. The van der Waals surface area contributed by atoms with Crippen molar-refractivity contribution in [2.45, 2.75) is 5.03 Å². The fraction of sp³-hybridized carbons (Fsp3) is 0.286. The number of aromatic nitrogens is 1.